The van der Waals surface area contributed by atoms with Crippen LogP contribution in [-0.2, 0) is 0 Å². The van der Waals surface area contributed by atoms with Gasteiger partial charge in [0.15, 0.2) is 0 Å². The summed E-state index contributed by atoms with van der Waals surface area (Å²) in [6.45, 7) is 4.28. The predicted octanol–water partition coefficient (Wildman–Crippen LogP) is 3.31. The zero-order chi connectivity index (χ0) is 9.47. The number of benzene rings is 1. The second-order valence-corrected chi connectivity index (χ2v) is 5.64. The van der Waals surface area contributed by atoms with Crippen LogP contribution >= 0.6 is 24.0 Å². The normalized spacial score (nSPS) is 19.1. The topological polar surface area (TPSA) is 12.0 Å². The minimum Gasteiger partial charge on any atom is -0.348 e. The molecule has 0 bridgehead atoms. The van der Waals surface area contributed by atoms with Crippen LogP contribution in [0.3, 0.4) is 0 Å². The third-order valence-electron chi connectivity index (χ3n) is 2.05. The summed E-state index contributed by atoms with van der Waals surface area (Å²) in [4.78, 5) is 2.19. The van der Waals surface area contributed by atoms with E-state index in [4.69, 9.17) is 12.2 Å². The highest BCUT2D eigenvalue weighted by Crippen LogP contribution is 2.42. The van der Waals surface area contributed by atoms with Crippen molar-refractivity contribution in [2.75, 3.05) is 5.32 Å². The van der Waals surface area contributed by atoms with Crippen molar-refractivity contribution in [3.8, 4) is 0 Å². The van der Waals surface area contributed by atoms with Gasteiger partial charge in [0.25, 0.3) is 0 Å². The third-order valence-corrected chi connectivity index (χ3v) is 4.08. The Hall–Kier alpha value is -0.540. The molecule has 0 radical (unpaired) electrons. The van der Waals surface area contributed by atoms with E-state index in [9.17, 15) is 0 Å². The molecule has 1 aromatic rings. The van der Waals surface area contributed by atoms with Crippen molar-refractivity contribution in [3.63, 3.8) is 0 Å². The summed E-state index contributed by atoms with van der Waals surface area (Å²) in [5.74, 6) is 0. The van der Waals surface area contributed by atoms with Gasteiger partial charge in [0.1, 0.15) is 0 Å². The number of fused-ring (bicyclic) bond motifs is 1. The Bertz CT molecular complexity index is 358. The van der Waals surface area contributed by atoms with E-state index in [-0.39, 0.29) is 4.75 Å². The van der Waals surface area contributed by atoms with E-state index in [1.54, 1.807) is 0 Å². The molecule has 0 spiro atoms. The van der Waals surface area contributed by atoms with Crippen LogP contribution in [0, 0.1) is 0 Å². The number of thiocarbonyl (C=S) groups is 1. The molecule has 1 N–H and O–H groups in total. The van der Waals surface area contributed by atoms with Crippen LogP contribution < -0.4 is 5.32 Å². The van der Waals surface area contributed by atoms with Crippen LogP contribution in [0.4, 0.5) is 5.69 Å². The molecule has 2 rings (SSSR count). The molecule has 1 aliphatic rings. The fraction of sp³-hybridized carbons (Fsp3) is 0.300. The lowest BCUT2D eigenvalue weighted by molar-refractivity contribution is 0.953. The minimum absolute atomic E-state index is 0.0175. The molecule has 0 fully saturated rings. The number of para-hydroxylation sites is 1. The molecule has 3 heteroatoms. The average molecular weight is 209 g/mol. The summed E-state index contributed by atoms with van der Waals surface area (Å²) < 4.78 is 0.0175. The van der Waals surface area contributed by atoms with Crippen LogP contribution in [0.25, 0.3) is 0 Å². The minimum atomic E-state index is 0.0175. The zero-order valence-corrected chi connectivity index (χ0v) is 9.26. The van der Waals surface area contributed by atoms with Crippen molar-refractivity contribution in [1.29, 1.82) is 0 Å². The van der Waals surface area contributed by atoms with E-state index in [1.807, 2.05) is 17.8 Å². The summed E-state index contributed by atoms with van der Waals surface area (Å²) in [7, 11) is 0. The van der Waals surface area contributed by atoms with Crippen molar-refractivity contribution in [2.45, 2.75) is 23.5 Å². The lowest BCUT2D eigenvalue weighted by atomic mass is 10.2. The van der Waals surface area contributed by atoms with Crippen molar-refractivity contribution in [3.05, 3.63) is 24.3 Å². The molecule has 0 saturated carbocycles. The number of rotatable bonds is 0. The predicted molar refractivity (Wildman–Crippen MR) is 62.6 cm³/mol. The van der Waals surface area contributed by atoms with Gasteiger partial charge in [-0.2, -0.15) is 0 Å². The third kappa shape index (κ3) is 1.58. The molecular weight excluding hydrogens is 198 g/mol. The van der Waals surface area contributed by atoms with Gasteiger partial charge in [-0.25, -0.2) is 0 Å². The van der Waals surface area contributed by atoms with Gasteiger partial charge in [-0.3, -0.25) is 0 Å². The molecule has 0 unspecified atom stereocenters. The van der Waals surface area contributed by atoms with Crippen molar-refractivity contribution >= 4 is 34.7 Å². The second kappa shape index (κ2) is 3.00. The van der Waals surface area contributed by atoms with E-state index >= 15 is 0 Å². The number of anilines is 1. The highest BCUT2D eigenvalue weighted by molar-refractivity contribution is 8.03. The summed E-state index contributed by atoms with van der Waals surface area (Å²) in [5.41, 5.74) is 1.14. The van der Waals surface area contributed by atoms with Crippen LogP contribution in [0.5, 0.6) is 0 Å². The van der Waals surface area contributed by atoms with Crippen molar-refractivity contribution in [2.24, 2.45) is 0 Å². The van der Waals surface area contributed by atoms with Crippen LogP contribution in [0.2, 0.25) is 0 Å². The Balaban J connectivity index is 2.44. The average Bonchev–Trinajstić information content (AvgIpc) is 2.06. The summed E-state index contributed by atoms with van der Waals surface area (Å²) >= 11 is 7.10. The molecule has 1 aromatic carbocycles. The Morgan fingerprint density at radius 2 is 2.00 bits per heavy atom. The summed E-state index contributed by atoms with van der Waals surface area (Å²) in [5, 5.41) is 3.26. The first-order chi connectivity index (χ1) is 6.09. The molecule has 0 atom stereocenters. The maximum Gasteiger partial charge on any atom is 0.0958 e. The van der Waals surface area contributed by atoms with Crippen molar-refractivity contribution in [1.82, 2.24) is 0 Å². The first kappa shape index (κ1) is 9.03. The molecule has 13 heavy (non-hydrogen) atoms. The Kier molecular flexibility index (Phi) is 2.08. The quantitative estimate of drug-likeness (QED) is 0.658. The zero-order valence-electron chi connectivity index (χ0n) is 7.63. The van der Waals surface area contributed by atoms with Gasteiger partial charge in [0.2, 0.25) is 0 Å². The number of hydrogen-bond acceptors (Lipinski definition) is 2. The van der Waals surface area contributed by atoms with Crippen LogP contribution in [0.15, 0.2) is 29.2 Å². The lowest BCUT2D eigenvalue weighted by Crippen LogP contribution is -2.35. The molecule has 0 aliphatic carbocycles. The van der Waals surface area contributed by atoms with Gasteiger partial charge in [0.05, 0.1) is 15.4 Å². The van der Waals surface area contributed by atoms with Gasteiger partial charge >= 0.3 is 0 Å². The maximum atomic E-state index is 5.29. The number of hydrogen-bond donors (Lipinski definition) is 1. The monoisotopic (exact) mass is 209 g/mol. The molecule has 1 nitrogen and oxygen atoms in total. The van der Waals surface area contributed by atoms with E-state index < -0.39 is 0 Å². The van der Waals surface area contributed by atoms with Gasteiger partial charge in [0, 0.05) is 4.90 Å². The number of thioether (sulfide) groups is 1. The molecule has 68 valence electrons. The second-order valence-electron chi connectivity index (χ2n) is 3.56. The first-order valence-corrected chi connectivity index (χ1v) is 5.41. The maximum absolute atomic E-state index is 5.29. The van der Waals surface area contributed by atoms with Crippen LogP contribution in [-0.4, -0.2) is 9.74 Å². The van der Waals surface area contributed by atoms with E-state index in [0.29, 0.717) is 0 Å². The Morgan fingerprint density at radius 1 is 1.31 bits per heavy atom. The molecular formula is C10H11NS2. The molecule has 0 aromatic heterocycles. The van der Waals surface area contributed by atoms with E-state index in [1.165, 1.54) is 4.90 Å². The van der Waals surface area contributed by atoms with E-state index in [0.717, 1.165) is 10.7 Å². The molecule has 1 aliphatic heterocycles. The lowest BCUT2D eigenvalue weighted by Gasteiger charge is -2.32. The smallest absolute Gasteiger partial charge is 0.0958 e. The van der Waals surface area contributed by atoms with Gasteiger partial charge in [-0.15, -0.1) is 11.8 Å². The van der Waals surface area contributed by atoms with Gasteiger partial charge < -0.3 is 5.32 Å². The molecule has 1 heterocycles. The van der Waals surface area contributed by atoms with Crippen molar-refractivity contribution < 1.29 is 0 Å². The fourth-order valence-corrected chi connectivity index (χ4v) is 2.56. The number of nitrogens with one attached hydrogen (secondary N) is 1. The highest BCUT2D eigenvalue weighted by atomic mass is 32.2. The first-order valence-electron chi connectivity index (χ1n) is 4.19. The molecule has 0 amide bonds. The standard InChI is InChI=1S/C10H11NS2/c1-10(2)9(12)11-7-5-3-4-6-8(7)13-10/h3-6H,1-2H3,(H,11,12). The Labute approximate surface area is 87.9 Å². The fourth-order valence-electron chi connectivity index (χ4n) is 1.25. The Morgan fingerprint density at radius 3 is 2.77 bits per heavy atom. The SMILES string of the molecule is CC1(C)Sc2ccccc2NC1=S. The van der Waals surface area contributed by atoms with Crippen LogP contribution in [0.1, 0.15) is 13.8 Å². The van der Waals surface area contributed by atoms with Gasteiger partial charge in [-0.1, -0.05) is 24.4 Å². The largest absolute Gasteiger partial charge is 0.348 e. The van der Waals surface area contributed by atoms with Gasteiger partial charge in [-0.05, 0) is 26.0 Å². The summed E-state index contributed by atoms with van der Waals surface area (Å²) in [6, 6.07) is 8.26. The molecule has 0 saturated heterocycles. The highest BCUT2D eigenvalue weighted by Gasteiger charge is 2.30. The van der Waals surface area contributed by atoms with E-state index in [2.05, 4.69) is 37.4 Å². The summed E-state index contributed by atoms with van der Waals surface area (Å²) in [6.07, 6.45) is 0.